The molecule has 1 aliphatic rings. The topological polar surface area (TPSA) is 110 Å². The first kappa shape index (κ1) is 24.6. The number of likely N-dealkylation sites (tertiary alicyclic amines) is 1. The van der Waals surface area contributed by atoms with Crippen LogP contribution in [0.1, 0.15) is 42.8 Å². The zero-order valence-electron chi connectivity index (χ0n) is 21.6. The van der Waals surface area contributed by atoms with Crippen LogP contribution in [0.5, 0.6) is 0 Å². The summed E-state index contributed by atoms with van der Waals surface area (Å²) in [4.78, 5) is 22.4. The summed E-state index contributed by atoms with van der Waals surface area (Å²) in [6.45, 7) is 8.05. The zero-order chi connectivity index (χ0) is 25.9. The van der Waals surface area contributed by atoms with Crippen LogP contribution in [0.25, 0.3) is 16.6 Å². The van der Waals surface area contributed by atoms with Gasteiger partial charge in [0.25, 0.3) is 0 Å². The van der Waals surface area contributed by atoms with E-state index in [4.69, 9.17) is 15.9 Å². The molecule has 0 bridgehead atoms. The standard InChI is InChI=1S/C27H33N9O/c1-19-24-26(28)29-18-30-27(24)36(31-19)20(2)22-17-21-9-4-5-13-35(21)25(22)23(10-8-16-37)32-33(3)14-15-34-11-6-7-12-34/h4-5,8-10,13,16-18,20H,6-7,11-12,14-15H2,1-3H3,(H2,28,29,30)/b10-8-,32-23+. The van der Waals surface area contributed by atoms with Gasteiger partial charge in [-0.15, -0.1) is 0 Å². The largest absolute Gasteiger partial charge is 0.383 e. The lowest BCUT2D eigenvalue weighted by Crippen LogP contribution is -2.29. The highest BCUT2D eigenvalue weighted by Crippen LogP contribution is 2.31. The van der Waals surface area contributed by atoms with Crippen molar-refractivity contribution in [3.8, 4) is 0 Å². The SMILES string of the molecule is Cc1nn(C(C)c2cc3ccccn3c2C(/C=C\C=O)=N/N(C)CCN2CCCC2)c2ncnc(N)c12. The Morgan fingerprint density at radius 3 is 2.86 bits per heavy atom. The van der Waals surface area contributed by atoms with Gasteiger partial charge in [0.15, 0.2) is 5.65 Å². The Morgan fingerprint density at radius 1 is 1.27 bits per heavy atom. The third-order valence-corrected chi connectivity index (χ3v) is 7.01. The number of aldehydes is 1. The molecule has 0 saturated carbocycles. The highest BCUT2D eigenvalue weighted by atomic mass is 16.1. The summed E-state index contributed by atoms with van der Waals surface area (Å²) < 4.78 is 4.00. The zero-order valence-corrected chi connectivity index (χ0v) is 21.6. The number of nitrogen functional groups attached to an aromatic ring is 1. The summed E-state index contributed by atoms with van der Waals surface area (Å²) in [6, 6.07) is 8.01. The number of hydrogen-bond acceptors (Lipinski definition) is 8. The number of carbonyl (C=O) groups is 1. The van der Waals surface area contributed by atoms with Crippen LogP contribution in [0.15, 0.2) is 54.0 Å². The first-order valence-electron chi connectivity index (χ1n) is 12.7. The number of aryl methyl sites for hydroxylation is 1. The number of rotatable bonds is 9. The Kier molecular flexibility index (Phi) is 7.00. The lowest BCUT2D eigenvalue weighted by Gasteiger charge is -2.21. The lowest BCUT2D eigenvalue weighted by atomic mass is 10.1. The normalized spacial score (nSPS) is 15.8. The number of hydrogen-bond donors (Lipinski definition) is 1. The molecule has 1 aliphatic heterocycles. The van der Waals surface area contributed by atoms with E-state index < -0.39 is 0 Å². The molecule has 1 fully saturated rings. The van der Waals surface area contributed by atoms with E-state index in [1.54, 1.807) is 6.08 Å². The molecule has 37 heavy (non-hydrogen) atoms. The van der Waals surface area contributed by atoms with E-state index in [1.807, 2.05) is 42.0 Å². The Labute approximate surface area is 216 Å². The van der Waals surface area contributed by atoms with Crippen LogP contribution in [0.4, 0.5) is 5.82 Å². The van der Waals surface area contributed by atoms with Crippen molar-refractivity contribution in [2.75, 3.05) is 39.0 Å². The van der Waals surface area contributed by atoms with Crippen LogP contribution in [-0.4, -0.2) is 79.3 Å². The summed E-state index contributed by atoms with van der Waals surface area (Å²) in [5, 5.41) is 12.5. The summed E-state index contributed by atoms with van der Waals surface area (Å²) in [6.07, 6.45) is 10.0. The summed E-state index contributed by atoms with van der Waals surface area (Å²) >= 11 is 0. The smallest absolute Gasteiger partial charge is 0.164 e. The number of fused-ring (bicyclic) bond motifs is 2. The second-order valence-corrected chi connectivity index (χ2v) is 9.52. The number of nitrogens with zero attached hydrogens (tertiary/aromatic N) is 8. The van der Waals surface area contributed by atoms with Crippen molar-refractivity contribution >= 4 is 34.4 Å². The van der Waals surface area contributed by atoms with E-state index in [2.05, 4.69) is 38.3 Å². The van der Waals surface area contributed by atoms with Gasteiger partial charge in [-0.05, 0) is 70.1 Å². The second-order valence-electron chi connectivity index (χ2n) is 9.52. The molecule has 5 heterocycles. The monoisotopic (exact) mass is 499 g/mol. The third kappa shape index (κ3) is 4.84. The van der Waals surface area contributed by atoms with E-state index in [0.29, 0.717) is 17.2 Å². The average Bonchev–Trinajstić information content (AvgIpc) is 3.63. The molecule has 10 nitrogen and oxygen atoms in total. The molecule has 0 radical (unpaired) electrons. The molecule has 0 aromatic carbocycles. The van der Waals surface area contributed by atoms with Crippen molar-refractivity contribution in [1.82, 2.24) is 34.1 Å². The maximum atomic E-state index is 11.3. The van der Waals surface area contributed by atoms with Gasteiger partial charge >= 0.3 is 0 Å². The minimum atomic E-state index is -0.190. The number of allylic oxidation sites excluding steroid dienone is 2. The molecular formula is C27H33N9O. The van der Waals surface area contributed by atoms with Gasteiger partial charge in [-0.1, -0.05) is 6.07 Å². The Balaban J connectivity index is 1.60. The van der Waals surface area contributed by atoms with Crippen LogP contribution < -0.4 is 5.73 Å². The van der Waals surface area contributed by atoms with Gasteiger partial charge in [-0.3, -0.25) is 9.80 Å². The molecule has 0 spiro atoms. The van der Waals surface area contributed by atoms with Crippen LogP contribution in [0, 0.1) is 6.92 Å². The Bertz CT molecular complexity index is 1480. The first-order chi connectivity index (χ1) is 18.0. The fraction of sp³-hybridized carbons (Fsp3) is 0.370. The third-order valence-electron chi connectivity index (χ3n) is 7.01. The molecule has 2 N–H and O–H groups in total. The average molecular weight is 500 g/mol. The number of anilines is 1. The molecule has 0 aliphatic carbocycles. The molecule has 0 amide bonds. The van der Waals surface area contributed by atoms with E-state index in [9.17, 15) is 4.79 Å². The van der Waals surface area contributed by atoms with Crippen molar-refractivity contribution in [2.24, 2.45) is 5.10 Å². The molecule has 1 unspecified atom stereocenters. The molecule has 1 atom stereocenters. The predicted octanol–water partition coefficient (Wildman–Crippen LogP) is 3.07. The minimum absolute atomic E-state index is 0.190. The second kappa shape index (κ2) is 10.5. The highest BCUT2D eigenvalue weighted by molar-refractivity contribution is 6.10. The number of carbonyl (C=O) groups excluding carboxylic acids is 1. The maximum Gasteiger partial charge on any atom is 0.164 e. The van der Waals surface area contributed by atoms with Gasteiger partial charge in [0.1, 0.15) is 24.1 Å². The molecule has 10 heteroatoms. The van der Waals surface area contributed by atoms with Crippen LogP contribution >= 0.6 is 0 Å². The number of aromatic nitrogens is 5. The van der Waals surface area contributed by atoms with E-state index in [1.165, 1.54) is 25.2 Å². The molecule has 4 aromatic heterocycles. The molecule has 4 aromatic rings. The van der Waals surface area contributed by atoms with Gasteiger partial charge in [-0.2, -0.15) is 10.2 Å². The number of hydrazone groups is 1. The fourth-order valence-corrected chi connectivity index (χ4v) is 5.12. The molecule has 5 rings (SSSR count). The lowest BCUT2D eigenvalue weighted by molar-refractivity contribution is -0.104. The van der Waals surface area contributed by atoms with Gasteiger partial charge in [0, 0.05) is 37.4 Å². The predicted molar refractivity (Wildman–Crippen MR) is 146 cm³/mol. The van der Waals surface area contributed by atoms with E-state index in [-0.39, 0.29) is 6.04 Å². The number of likely N-dealkylation sites (N-methyl/N-ethyl adjacent to an activating group) is 1. The van der Waals surface area contributed by atoms with Gasteiger partial charge in [0.2, 0.25) is 0 Å². The van der Waals surface area contributed by atoms with Gasteiger partial charge < -0.3 is 15.0 Å². The summed E-state index contributed by atoms with van der Waals surface area (Å²) in [7, 11) is 1.98. The van der Waals surface area contributed by atoms with Crippen molar-refractivity contribution < 1.29 is 4.79 Å². The fourth-order valence-electron chi connectivity index (χ4n) is 5.12. The quantitative estimate of drug-likeness (QED) is 0.163. The van der Waals surface area contributed by atoms with Crippen LogP contribution in [-0.2, 0) is 4.79 Å². The van der Waals surface area contributed by atoms with E-state index >= 15 is 0 Å². The maximum absolute atomic E-state index is 11.3. The van der Waals surface area contributed by atoms with Crippen molar-refractivity contribution in [1.29, 1.82) is 0 Å². The first-order valence-corrected chi connectivity index (χ1v) is 12.7. The van der Waals surface area contributed by atoms with Crippen LogP contribution in [0.3, 0.4) is 0 Å². The van der Waals surface area contributed by atoms with Crippen LogP contribution in [0.2, 0.25) is 0 Å². The van der Waals surface area contributed by atoms with Gasteiger partial charge in [-0.25, -0.2) is 14.6 Å². The Morgan fingerprint density at radius 2 is 2.08 bits per heavy atom. The highest BCUT2D eigenvalue weighted by Gasteiger charge is 2.24. The van der Waals surface area contributed by atoms with Gasteiger partial charge in [0.05, 0.1) is 22.8 Å². The molecule has 192 valence electrons. The van der Waals surface area contributed by atoms with E-state index in [0.717, 1.165) is 60.3 Å². The molecule has 1 saturated heterocycles. The van der Waals surface area contributed by atoms with Crippen molar-refractivity contribution in [3.63, 3.8) is 0 Å². The van der Waals surface area contributed by atoms with Crippen molar-refractivity contribution in [3.05, 3.63) is 65.9 Å². The minimum Gasteiger partial charge on any atom is -0.383 e. The number of pyridine rings is 1. The Hall–Kier alpha value is -4.05. The summed E-state index contributed by atoms with van der Waals surface area (Å²) in [5.74, 6) is 0.416. The molecular weight excluding hydrogens is 466 g/mol. The summed E-state index contributed by atoms with van der Waals surface area (Å²) in [5.41, 5.74) is 11.2. The number of nitrogens with two attached hydrogens (primary N) is 1. The van der Waals surface area contributed by atoms with Crippen molar-refractivity contribution in [2.45, 2.75) is 32.7 Å².